The maximum Gasteiger partial charge on any atom is 0.315 e. The van der Waals surface area contributed by atoms with Gasteiger partial charge < -0.3 is 9.47 Å². The molecule has 9 nitrogen and oxygen atoms in total. The average molecular weight is 513 g/mol. The van der Waals surface area contributed by atoms with Crippen LogP contribution in [0.25, 0.3) is 10.9 Å². The largest absolute Gasteiger partial charge is 0.493 e. The molecule has 10 heteroatoms. The Labute approximate surface area is 198 Å². The molecule has 0 aliphatic carbocycles. The standard InChI is InChI=1S/C23H21BrN4O5/c1-6-9-33-20-18(28(30)31)10-14(11-19(20)32-5)13-25-27-21(29)16-12-15(24)7-8-17(16)26-22(27)23(2,3)4/h1,7-8,10-13H,9H2,2-5H3. The second kappa shape index (κ2) is 9.42. The van der Waals surface area contributed by atoms with Gasteiger partial charge >= 0.3 is 5.69 Å². The fourth-order valence-electron chi connectivity index (χ4n) is 3.09. The van der Waals surface area contributed by atoms with E-state index in [0.717, 1.165) is 4.47 Å². The third-order valence-corrected chi connectivity index (χ3v) is 5.07. The molecule has 0 aliphatic rings. The molecule has 170 valence electrons. The van der Waals surface area contributed by atoms with E-state index in [1.54, 1.807) is 12.1 Å². The number of nitrogens with zero attached hydrogens (tertiary/aromatic N) is 4. The van der Waals surface area contributed by atoms with Crippen LogP contribution in [0.4, 0.5) is 5.69 Å². The molecule has 0 saturated carbocycles. The van der Waals surface area contributed by atoms with Gasteiger partial charge in [0.15, 0.2) is 5.75 Å². The van der Waals surface area contributed by atoms with Gasteiger partial charge in [-0.25, -0.2) is 4.98 Å². The van der Waals surface area contributed by atoms with Crippen molar-refractivity contribution in [3.8, 4) is 23.8 Å². The number of halogens is 1. The predicted octanol–water partition coefficient (Wildman–Crippen LogP) is 4.27. The molecule has 0 atom stereocenters. The highest BCUT2D eigenvalue weighted by molar-refractivity contribution is 9.10. The number of nitro benzene ring substituents is 1. The molecule has 33 heavy (non-hydrogen) atoms. The Kier molecular flexibility index (Phi) is 6.84. The van der Waals surface area contributed by atoms with Crippen LogP contribution in [-0.2, 0) is 5.41 Å². The molecule has 3 rings (SSSR count). The first-order valence-corrected chi connectivity index (χ1v) is 10.6. The summed E-state index contributed by atoms with van der Waals surface area (Å²) < 4.78 is 12.5. The predicted molar refractivity (Wildman–Crippen MR) is 129 cm³/mol. The zero-order valence-corrected chi connectivity index (χ0v) is 20.0. The fraction of sp³-hybridized carbons (Fsp3) is 0.261. The summed E-state index contributed by atoms with van der Waals surface area (Å²) in [5.41, 5.74) is -0.332. The third-order valence-electron chi connectivity index (χ3n) is 4.58. The van der Waals surface area contributed by atoms with Gasteiger partial charge in [0.05, 0.1) is 29.2 Å². The number of hydrogen-bond acceptors (Lipinski definition) is 7. The van der Waals surface area contributed by atoms with Gasteiger partial charge in [0.1, 0.15) is 12.4 Å². The van der Waals surface area contributed by atoms with Crippen LogP contribution in [0, 0.1) is 22.5 Å². The minimum absolute atomic E-state index is 0.0811. The smallest absolute Gasteiger partial charge is 0.315 e. The number of hydrogen-bond donors (Lipinski definition) is 0. The van der Waals surface area contributed by atoms with Gasteiger partial charge in [0, 0.05) is 21.5 Å². The molecule has 0 spiro atoms. The van der Waals surface area contributed by atoms with Crippen molar-refractivity contribution in [2.24, 2.45) is 5.10 Å². The molecule has 1 heterocycles. The van der Waals surface area contributed by atoms with E-state index in [9.17, 15) is 14.9 Å². The summed E-state index contributed by atoms with van der Waals surface area (Å²) in [7, 11) is 1.36. The quantitative estimate of drug-likeness (QED) is 0.211. The molecule has 1 aromatic heterocycles. The maximum atomic E-state index is 13.3. The SMILES string of the molecule is C#CCOc1c(OC)cc(C=Nn2c(C(C)(C)C)nc3ccc(Br)cc3c2=O)cc1[N+](=O)[O-]. The first kappa shape index (κ1) is 23.9. The molecule has 0 fully saturated rings. The molecule has 0 N–H and O–H groups in total. The number of nitro groups is 1. The van der Waals surface area contributed by atoms with Crippen molar-refractivity contribution in [3.05, 3.63) is 66.7 Å². The monoisotopic (exact) mass is 512 g/mol. The Bertz CT molecular complexity index is 1370. The molecule has 0 aliphatic heterocycles. The van der Waals surface area contributed by atoms with Crippen LogP contribution in [0.3, 0.4) is 0 Å². The number of methoxy groups -OCH3 is 1. The second-order valence-corrected chi connectivity index (χ2v) is 8.95. The summed E-state index contributed by atoms with van der Waals surface area (Å²) in [5.74, 6) is 2.74. The molecule has 0 radical (unpaired) electrons. The lowest BCUT2D eigenvalue weighted by atomic mass is 9.95. The van der Waals surface area contributed by atoms with E-state index in [1.165, 1.54) is 30.1 Å². The third kappa shape index (κ3) is 5.04. The molecular formula is C23H21BrN4O5. The summed E-state index contributed by atoms with van der Waals surface area (Å²) >= 11 is 3.37. The molecule has 3 aromatic rings. The van der Waals surface area contributed by atoms with Gasteiger partial charge in [-0.2, -0.15) is 9.78 Å². The first-order chi connectivity index (χ1) is 15.6. The van der Waals surface area contributed by atoms with Gasteiger partial charge in [-0.05, 0) is 24.3 Å². The van der Waals surface area contributed by atoms with Crippen molar-refractivity contribution >= 4 is 38.7 Å². The number of benzene rings is 2. The Morgan fingerprint density at radius 3 is 2.67 bits per heavy atom. The van der Waals surface area contributed by atoms with Gasteiger partial charge in [-0.15, -0.1) is 6.42 Å². The van der Waals surface area contributed by atoms with E-state index < -0.39 is 10.3 Å². The number of rotatable bonds is 6. The number of terminal acetylenes is 1. The van der Waals surface area contributed by atoms with Crippen molar-refractivity contribution in [2.75, 3.05) is 13.7 Å². The molecule has 0 unspecified atom stereocenters. The minimum atomic E-state index is -0.604. The lowest BCUT2D eigenvalue weighted by Crippen LogP contribution is -2.29. The number of ether oxygens (including phenoxy) is 2. The summed E-state index contributed by atoms with van der Waals surface area (Å²) in [6, 6.07) is 8.02. The van der Waals surface area contributed by atoms with E-state index >= 15 is 0 Å². The lowest BCUT2D eigenvalue weighted by Gasteiger charge is -2.20. The van der Waals surface area contributed by atoms with Crippen molar-refractivity contribution in [2.45, 2.75) is 26.2 Å². The zero-order valence-electron chi connectivity index (χ0n) is 18.5. The Morgan fingerprint density at radius 1 is 1.33 bits per heavy atom. The van der Waals surface area contributed by atoms with Crippen LogP contribution in [0.1, 0.15) is 32.2 Å². The van der Waals surface area contributed by atoms with Crippen molar-refractivity contribution in [1.29, 1.82) is 0 Å². The number of aromatic nitrogens is 2. The van der Waals surface area contributed by atoms with E-state index in [1.807, 2.05) is 26.8 Å². The lowest BCUT2D eigenvalue weighted by molar-refractivity contribution is -0.385. The Morgan fingerprint density at radius 2 is 2.06 bits per heavy atom. The molecule has 0 amide bonds. The molecule has 0 saturated heterocycles. The van der Waals surface area contributed by atoms with E-state index in [0.29, 0.717) is 22.3 Å². The van der Waals surface area contributed by atoms with Crippen molar-refractivity contribution < 1.29 is 14.4 Å². The van der Waals surface area contributed by atoms with Crippen LogP contribution >= 0.6 is 15.9 Å². The Hall–Kier alpha value is -3.71. The summed E-state index contributed by atoms with van der Waals surface area (Å²) in [6.07, 6.45) is 6.54. The zero-order chi connectivity index (χ0) is 24.3. The fourth-order valence-corrected chi connectivity index (χ4v) is 3.46. The van der Waals surface area contributed by atoms with Crippen LogP contribution in [-0.4, -0.2) is 34.5 Å². The highest BCUT2D eigenvalue weighted by Crippen LogP contribution is 2.38. The maximum absolute atomic E-state index is 13.3. The highest BCUT2D eigenvalue weighted by atomic mass is 79.9. The topological polar surface area (TPSA) is 109 Å². The van der Waals surface area contributed by atoms with Crippen molar-refractivity contribution in [3.63, 3.8) is 0 Å². The van der Waals surface area contributed by atoms with Gasteiger partial charge in [0.2, 0.25) is 5.75 Å². The highest BCUT2D eigenvalue weighted by Gasteiger charge is 2.24. The molecular weight excluding hydrogens is 492 g/mol. The van der Waals surface area contributed by atoms with Crippen LogP contribution in [0.15, 0.2) is 44.7 Å². The van der Waals surface area contributed by atoms with Gasteiger partial charge in [0.25, 0.3) is 5.56 Å². The van der Waals surface area contributed by atoms with E-state index in [2.05, 4.69) is 31.9 Å². The number of fused-ring (bicyclic) bond motifs is 1. The van der Waals surface area contributed by atoms with Crippen LogP contribution < -0.4 is 15.0 Å². The van der Waals surface area contributed by atoms with E-state index in [4.69, 9.17) is 15.9 Å². The first-order valence-electron chi connectivity index (χ1n) is 9.76. The van der Waals surface area contributed by atoms with Crippen LogP contribution in [0.5, 0.6) is 11.5 Å². The van der Waals surface area contributed by atoms with Gasteiger partial charge in [-0.1, -0.05) is 42.6 Å². The average Bonchev–Trinajstić information content (AvgIpc) is 2.76. The minimum Gasteiger partial charge on any atom is -0.493 e. The van der Waals surface area contributed by atoms with E-state index in [-0.39, 0.29) is 29.4 Å². The normalized spacial score (nSPS) is 11.5. The van der Waals surface area contributed by atoms with Crippen molar-refractivity contribution in [1.82, 2.24) is 9.66 Å². The summed E-state index contributed by atoms with van der Waals surface area (Å²) in [6.45, 7) is 5.58. The Balaban J connectivity index is 2.20. The summed E-state index contributed by atoms with van der Waals surface area (Å²) in [4.78, 5) is 28.9. The van der Waals surface area contributed by atoms with Gasteiger partial charge in [-0.3, -0.25) is 14.9 Å². The molecule has 0 bridgehead atoms. The summed E-state index contributed by atoms with van der Waals surface area (Å²) in [5, 5.41) is 16.3. The molecule has 2 aromatic carbocycles. The van der Waals surface area contributed by atoms with Crippen LogP contribution in [0.2, 0.25) is 0 Å². The second-order valence-electron chi connectivity index (χ2n) is 8.03.